The lowest BCUT2D eigenvalue weighted by Crippen LogP contribution is -2.44. The monoisotopic (exact) mass is 602 g/mol. The Labute approximate surface area is 243 Å². The fraction of sp³-hybridized carbons (Fsp3) is 0.552. The van der Waals surface area contributed by atoms with E-state index in [0.29, 0.717) is 35.1 Å². The summed E-state index contributed by atoms with van der Waals surface area (Å²) in [5.74, 6) is -1.30. The normalized spacial score (nSPS) is 21.0. The van der Waals surface area contributed by atoms with Crippen LogP contribution in [0.1, 0.15) is 41.9 Å². The second kappa shape index (κ2) is 13.4. The largest absolute Gasteiger partial charge is 0.419 e. The maximum Gasteiger partial charge on any atom is 0.419 e. The molecule has 2 aromatic carbocycles. The van der Waals surface area contributed by atoms with Crippen LogP contribution in [0.2, 0.25) is 10.0 Å². The molecule has 2 heterocycles. The molecule has 2 fully saturated rings. The minimum atomic E-state index is -4.75. The number of piperazine rings is 1. The van der Waals surface area contributed by atoms with E-state index < -0.39 is 17.6 Å². The van der Waals surface area contributed by atoms with Crippen molar-refractivity contribution in [2.24, 2.45) is 0 Å². The number of likely N-dealkylation sites (tertiary alicyclic amines) is 1. The fourth-order valence-electron chi connectivity index (χ4n) is 5.64. The summed E-state index contributed by atoms with van der Waals surface area (Å²) in [6.07, 6.45) is -2.51. The van der Waals surface area contributed by atoms with Crippen LogP contribution in [-0.2, 0) is 17.5 Å². The topological polar surface area (TPSA) is 30.0 Å². The highest BCUT2D eigenvalue weighted by Crippen LogP contribution is 2.36. The van der Waals surface area contributed by atoms with Gasteiger partial charge in [-0.15, -0.1) is 0 Å². The van der Waals surface area contributed by atoms with Crippen molar-refractivity contribution < 1.29 is 22.4 Å². The number of nitrogens with zero attached hydrogens (tertiary/aromatic N) is 4. The standard InChI is InChI=1S/C29H36Cl2F4N4O/c1-36-11-13-38(14-12-36)10-4-3-5-28(40)39-18-22(21-7-9-24(30)25(31)16-21)27(19-39)37(2)17-20-6-8-23(26(32)15-20)29(33,34)35/h6-9,15-16,22,27H,3-5,10-14,17-19H2,1-2H3. The second-order valence-corrected chi connectivity index (χ2v) is 11.8. The Bertz CT molecular complexity index is 1170. The number of amides is 1. The molecule has 1 amide bonds. The van der Waals surface area contributed by atoms with Crippen molar-refractivity contribution in [3.05, 3.63) is 69.0 Å². The summed E-state index contributed by atoms with van der Waals surface area (Å²) >= 11 is 12.4. The van der Waals surface area contributed by atoms with Crippen molar-refractivity contribution in [3.63, 3.8) is 0 Å². The van der Waals surface area contributed by atoms with E-state index >= 15 is 0 Å². The number of carbonyl (C=O) groups excluding carboxylic acids is 1. The highest BCUT2D eigenvalue weighted by atomic mass is 35.5. The molecule has 0 aliphatic carbocycles. The smallest absolute Gasteiger partial charge is 0.340 e. The van der Waals surface area contributed by atoms with E-state index in [1.165, 1.54) is 6.07 Å². The first kappa shape index (κ1) is 31.0. The van der Waals surface area contributed by atoms with Crippen LogP contribution >= 0.6 is 23.2 Å². The van der Waals surface area contributed by atoms with Crippen LogP contribution in [0.25, 0.3) is 0 Å². The molecule has 220 valence electrons. The molecule has 2 unspecified atom stereocenters. The number of unbranched alkanes of at least 4 members (excludes halogenated alkanes) is 1. The molecule has 2 aliphatic heterocycles. The maximum absolute atomic E-state index is 14.2. The number of likely N-dealkylation sites (N-methyl/N-ethyl adjacent to an activating group) is 2. The van der Waals surface area contributed by atoms with Crippen LogP contribution in [0, 0.1) is 5.82 Å². The van der Waals surface area contributed by atoms with E-state index in [1.54, 1.807) is 12.1 Å². The zero-order valence-corrected chi connectivity index (χ0v) is 24.4. The lowest BCUT2D eigenvalue weighted by Gasteiger charge is -2.32. The van der Waals surface area contributed by atoms with Gasteiger partial charge in [-0.25, -0.2) is 4.39 Å². The number of alkyl halides is 3. The minimum Gasteiger partial charge on any atom is -0.340 e. The summed E-state index contributed by atoms with van der Waals surface area (Å²) in [7, 11) is 3.97. The number of carbonyl (C=O) groups is 1. The van der Waals surface area contributed by atoms with Gasteiger partial charge in [0.05, 0.1) is 15.6 Å². The van der Waals surface area contributed by atoms with Crippen LogP contribution in [0.3, 0.4) is 0 Å². The van der Waals surface area contributed by atoms with Crippen molar-refractivity contribution in [2.45, 2.75) is 43.9 Å². The molecule has 0 spiro atoms. The van der Waals surface area contributed by atoms with E-state index in [1.807, 2.05) is 22.9 Å². The Balaban J connectivity index is 1.41. The molecule has 2 atom stereocenters. The molecule has 2 aliphatic rings. The van der Waals surface area contributed by atoms with Crippen molar-refractivity contribution in [1.29, 1.82) is 0 Å². The van der Waals surface area contributed by atoms with Gasteiger partial charge < -0.3 is 14.7 Å². The third kappa shape index (κ3) is 7.88. The average molecular weight is 604 g/mol. The van der Waals surface area contributed by atoms with Crippen molar-refractivity contribution in [2.75, 3.05) is 59.9 Å². The van der Waals surface area contributed by atoms with Crippen LogP contribution < -0.4 is 0 Å². The summed E-state index contributed by atoms with van der Waals surface area (Å²) in [6.45, 7) is 6.41. The first-order chi connectivity index (χ1) is 18.9. The maximum atomic E-state index is 14.2. The van der Waals surface area contributed by atoms with Crippen LogP contribution in [0.15, 0.2) is 36.4 Å². The van der Waals surface area contributed by atoms with Crippen LogP contribution in [0.5, 0.6) is 0 Å². The van der Waals surface area contributed by atoms with E-state index in [9.17, 15) is 22.4 Å². The average Bonchev–Trinajstić information content (AvgIpc) is 3.34. The molecule has 11 heteroatoms. The molecule has 0 bridgehead atoms. The Kier molecular flexibility index (Phi) is 10.4. The molecule has 4 rings (SSSR count). The molecule has 40 heavy (non-hydrogen) atoms. The third-order valence-corrected chi connectivity index (χ3v) is 8.80. The fourth-order valence-corrected chi connectivity index (χ4v) is 5.95. The molecule has 0 N–H and O–H groups in total. The molecular weight excluding hydrogens is 567 g/mol. The van der Waals surface area contributed by atoms with Crippen LogP contribution in [0.4, 0.5) is 17.6 Å². The van der Waals surface area contributed by atoms with Gasteiger partial charge in [0.25, 0.3) is 0 Å². The Morgan fingerprint density at radius 2 is 1.73 bits per heavy atom. The van der Waals surface area contributed by atoms with E-state index in [-0.39, 0.29) is 24.4 Å². The second-order valence-electron chi connectivity index (χ2n) is 11.0. The van der Waals surface area contributed by atoms with Gasteiger partial charge in [-0.05, 0) is 68.9 Å². The van der Waals surface area contributed by atoms with Gasteiger partial charge in [0, 0.05) is 64.2 Å². The van der Waals surface area contributed by atoms with Gasteiger partial charge in [-0.1, -0.05) is 35.3 Å². The minimum absolute atomic E-state index is 0.0833. The number of rotatable bonds is 9. The van der Waals surface area contributed by atoms with Crippen molar-refractivity contribution in [1.82, 2.24) is 19.6 Å². The Hall–Kier alpha value is -1.91. The van der Waals surface area contributed by atoms with Gasteiger partial charge in [0.1, 0.15) is 5.82 Å². The summed E-state index contributed by atoms with van der Waals surface area (Å²) in [5, 5.41) is 0.848. The molecule has 0 aromatic heterocycles. The van der Waals surface area contributed by atoms with E-state index in [2.05, 4.69) is 16.8 Å². The summed E-state index contributed by atoms with van der Waals surface area (Å²) in [5.41, 5.74) is 0.0719. The number of hydrogen-bond donors (Lipinski definition) is 0. The van der Waals surface area contributed by atoms with Crippen molar-refractivity contribution in [3.8, 4) is 0 Å². The summed E-state index contributed by atoms with van der Waals surface area (Å²) in [6, 6.07) is 8.29. The quantitative estimate of drug-likeness (QED) is 0.260. The first-order valence-electron chi connectivity index (χ1n) is 13.6. The third-order valence-electron chi connectivity index (χ3n) is 8.06. The molecule has 0 saturated carbocycles. The van der Waals surface area contributed by atoms with Gasteiger partial charge in [-0.3, -0.25) is 9.69 Å². The molecule has 0 radical (unpaired) electrons. The molecule has 5 nitrogen and oxygen atoms in total. The highest BCUT2D eigenvalue weighted by Gasteiger charge is 2.39. The predicted octanol–water partition coefficient (Wildman–Crippen LogP) is 6.00. The van der Waals surface area contributed by atoms with Gasteiger partial charge in [0.2, 0.25) is 5.91 Å². The van der Waals surface area contributed by atoms with Gasteiger partial charge in [0.15, 0.2) is 0 Å². The molecular formula is C29H36Cl2F4N4O. The van der Waals surface area contributed by atoms with Gasteiger partial charge in [-0.2, -0.15) is 13.2 Å². The lowest BCUT2D eigenvalue weighted by atomic mass is 9.93. The molecule has 2 saturated heterocycles. The predicted molar refractivity (Wildman–Crippen MR) is 150 cm³/mol. The number of hydrogen-bond acceptors (Lipinski definition) is 4. The summed E-state index contributed by atoms with van der Waals surface area (Å²) in [4.78, 5) is 21.8. The zero-order chi connectivity index (χ0) is 29.0. The van der Waals surface area contributed by atoms with E-state index in [4.69, 9.17) is 23.2 Å². The SMILES string of the molecule is CN1CCN(CCCCC(=O)N2CC(c3ccc(Cl)c(Cl)c3)C(N(C)Cc3ccc(C(F)(F)F)c(F)c3)C2)CC1. The van der Waals surface area contributed by atoms with E-state index in [0.717, 1.165) is 63.3 Å². The zero-order valence-electron chi connectivity index (χ0n) is 22.9. The lowest BCUT2D eigenvalue weighted by molar-refractivity contribution is -0.140. The van der Waals surface area contributed by atoms with Crippen molar-refractivity contribution >= 4 is 29.1 Å². The van der Waals surface area contributed by atoms with Gasteiger partial charge >= 0.3 is 6.18 Å². The Morgan fingerprint density at radius 3 is 2.38 bits per heavy atom. The number of benzene rings is 2. The number of halogens is 6. The van der Waals surface area contributed by atoms with Crippen LogP contribution in [-0.4, -0.2) is 91.5 Å². The summed E-state index contributed by atoms with van der Waals surface area (Å²) < 4.78 is 53.3. The Morgan fingerprint density at radius 1 is 1.00 bits per heavy atom. The molecule has 2 aromatic rings. The highest BCUT2D eigenvalue weighted by molar-refractivity contribution is 6.42. The first-order valence-corrected chi connectivity index (χ1v) is 14.4.